The number of unbranched alkanes of at least 4 members (excludes halogenated alkanes) is 9. The van der Waals surface area contributed by atoms with E-state index in [0.29, 0.717) is 48.4 Å². The molecule has 0 aromatic heterocycles. The Labute approximate surface area is 408 Å². The third-order valence-electron chi connectivity index (χ3n) is 14.2. The summed E-state index contributed by atoms with van der Waals surface area (Å²) < 4.78 is 0. The number of nitrogens with one attached hydrogen (secondary N) is 2. The van der Waals surface area contributed by atoms with Gasteiger partial charge in [-0.2, -0.15) is 0 Å². The maximum Gasteiger partial charge on any atom is 0.251 e. The molecular formula is C58H80N6O4. The normalized spacial score (nSPS) is 20.4. The lowest BCUT2D eigenvalue weighted by Crippen LogP contribution is -2.57. The molecule has 10 heteroatoms. The van der Waals surface area contributed by atoms with Gasteiger partial charge in [0.05, 0.1) is 12.1 Å². The lowest BCUT2D eigenvalue weighted by molar-refractivity contribution is 0.0306. The first-order valence-electron chi connectivity index (χ1n) is 25.5. The molecule has 4 aromatic carbocycles. The van der Waals surface area contributed by atoms with Crippen molar-refractivity contribution in [3.63, 3.8) is 0 Å². The average molecular weight is 925 g/mol. The molecule has 6 atom stereocenters. The fraction of sp³-hybridized carbons (Fsp3) is 0.483. The van der Waals surface area contributed by atoms with Crippen LogP contribution in [-0.2, 0) is 0 Å². The molecule has 68 heavy (non-hydrogen) atoms. The van der Waals surface area contributed by atoms with E-state index < -0.39 is 0 Å². The van der Waals surface area contributed by atoms with Crippen LogP contribution in [0.5, 0.6) is 11.5 Å². The second-order valence-corrected chi connectivity index (χ2v) is 19.6. The molecule has 0 aliphatic carbocycles. The maximum absolute atomic E-state index is 13.1. The number of hydrogen-bond acceptors (Lipinski definition) is 8. The molecule has 2 aliphatic heterocycles. The predicted molar refractivity (Wildman–Crippen MR) is 278 cm³/mol. The molecular weight excluding hydrogens is 845 g/mol. The van der Waals surface area contributed by atoms with Gasteiger partial charge in [0.1, 0.15) is 11.5 Å². The second-order valence-electron chi connectivity index (χ2n) is 19.6. The molecule has 4 aromatic rings. The van der Waals surface area contributed by atoms with E-state index in [2.05, 4.69) is 107 Å². The summed E-state index contributed by atoms with van der Waals surface area (Å²) >= 11 is 0. The van der Waals surface area contributed by atoms with E-state index in [1.54, 1.807) is 12.1 Å². The first-order valence-corrected chi connectivity index (χ1v) is 25.5. The van der Waals surface area contributed by atoms with E-state index in [4.69, 9.17) is 0 Å². The summed E-state index contributed by atoms with van der Waals surface area (Å²) in [7, 11) is 0. The number of aromatic hydroxyl groups is 2. The quantitative estimate of drug-likeness (QED) is 0.0384. The number of phenols is 2. The number of amides is 2. The lowest BCUT2D eigenvalue weighted by Gasteiger charge is -2.47. The minimum Gasteiger partial charge on any atom is -0.508 e. The van der Waals surface area contributed by atoms with Crippen LogP contribution in [0.15, 0.2) is 122 Å². The Hall–Kier alpha value is -5.26. The number of carbonyl (C=O) groups excluding carboxylic acids is 2. The van der Waals surface area contributed by atoms with Crippen LogP contribution in [0.4, 0.5) is 0 Å². The molecule has 0 unspecified atom stereocenters. The summed E-state index contributed by atoms with van der Waals surface area (Å²) in [6.45, 7) is 23.7. The Morgan fingerprint density at radius 3 is 1.21 bits per heavy atom. The molecule has 2 aliphatic rings. The molecule has 0 saturated carbocycles. The molecule has 4 N–H and O–H groups in total. The van der Waals surface area contributed by atoms with E-state index >= 15 is 0 Å². The fourth-order valence-electron chi connectivity index (χ4n) is 10.5. The number of carbonyl (C=O) groups is 2. The smallest absolute Gasteiger partial charge is 0.251 e. The van der Waals surface area contributed by atoms with Gasteiger partial charge in [-0.05, 0) is 111 Å². The highest BCUT2D eigenvalue weighted by Gasteiger charge is 2.36. The fourth-order valence-corrected chi connectivity index (χ4v) is 10.5. The second kappa shape index (κ2) is 26.5. The SMILES string of the molecule is C=CCN1C[C@H](C)N([C@H](c2ccc(C(=O)NCCCCCCCCCCCCNC(=O)c3ccc([C@H](c4cccc(O)c4)N4C[C@@H](C)N(CC=C)C[C@@H]4C)cc3)cc2)c2cccc(O)c2)C[C@H]1C. The van der Waals surface area contributed by atoms with Gasteiger partial charge in [0.15, 0.2) is 0 Å². The Balaban J connectivity index is 0.836. The predicted octanol–water partition coefficient (Wildman–Crippen LogP) is 10.5. The van der Waals surface area contributed by atoms with Crippen molar-refractivity contribution in [1.82, 2.24) is 30.2 Å². The van der Waals surface area contributed by atoms with Crippen LogP contribution >= 0.6 is 0 Å². The van der Waals surface area contributed by atoms with Crippen LogP contribution in [-0.4, -0.2) is 118 Å². The van der Waals surface area contributed by atoms with E-state index in [1.165, 1.54) is 38.5 Å². The van der Waals surface area contributed by atoms with Crippen LogP contribution in [0.3, 0.4) is 0 Å². The lowest BCUT2D eigenvalue weighted by atomic mass is 9.92. The van der Waals surface area contributed by atoms with E-state index in [9.17, 15) is 19.8 Å². The van der Waals surface area contributed by atoms with Crippen molar-refractivity contribution in [2.75, 3.05) is 52.4 Å². The molecule has 0 radical (unpaired) electrons. The number of phenolic OH excluding ortho intramolecular Hbond substituents is 2. The summed E-state index contributed by atoms with van der Waals surface area (Å²) in [5, 5.41) is 27.0. The van der Waals surface area contributed by atoms with Gasteiger partial charge >= 0.3 is 0 Å². The number of benzene rings is 4. The van der Waals surface area contributed by atoms with Crippen molar-refractivity contribution in [2.45, 2.75) is 128 Å². The molecule has 6 rings (SSSR count). The summed E-state index contributed by atoms with van der Waals surface area (Å²) in [6, 6.07) is 32.4. The van der Waals surface area contributed by atoms with E-state index in [-0.39, 0.29) is 35.4 Å². The van der Waals surface area contributed by atoms with Gasteiger partial charge in [-0.25, -0.2) is 0 Å². The summed E-state index contributed by atoms with van der Waals surface area (Å²) in [5.41, 5.74) is 5.64. The summed E-state index contributed by atoms with van der Waals surface area (Å²) in [4.78, 5) is 36.2. The average Bonchev–Trinajstić information content (AvgIpc) is 3.33. The van der Waals surface area contributed by atoms with Crippen LogP contribution < -0.4 is 10.6 Å². The van der Waals surface area contributed by atoms with Crippen molar-refractivity contribution in [2.24, 2.45) is 0 Å². The van der Waals surface area contributed by atoms with E-state index in [1.807, 2.05) is 60.7 Å². The molecule has 2 saturated heterocycles. The highest BCUT2D eigenvalue weighted by atomic mass is 16.3. The van der Waals surface area contributed by atoms with Crippen molar-refractivity contribution in [3.8, 4) is 11.5 Å². The van der Waals surface area contributed by atoms with Gasteiger partial charge in [0.2, 0.25) is 0 Å². The Morgan fingerprint density at radius 2 is 0.868 bits per heavy atom. The maximum atomic E-state index is 13.1. The third kappa shape index (κ3) is 14.6. The third-order valence-corrected chi connectivity index (χ3v) is 14.2. The Kier molecular flexibility index (Phi) is 20.3. The monoisotopic (exact) mass is 925 g/mol. The Morgan fingerprint density at radius 1 is 0.515 bits per heavy atom. The number of nitrogens with zero attached hydrogens (tertiary/aromatic N) is 4. The zero-order valence-corrected chi connectivity index (χ0v) is 41.5. The molecule has 10 nitrogen and oxygen atoms in total. The molecule has 0 bridgehead atoms. The first-order chi connectivity index (χ1) is 33.0. The molecule has 366 valence electrons. The van der Waals surface area contributed by atoms with Crippen LogP contribution in [0, 0.1) is 0 Å². The van der Waals surface area contributed by atoms with Crippen molar-refractivity contribution < 1.29 is 19.8 Å². The van der Waals surface area contributed by atoms with Crippen LogP contribution in [0.25, 0.3) is 0 Å². The number of rotatable bonds is 25. The summed E-state index contributed by atoms with van der Waals surface area (Å²) in [6.07, 6.45) is 15.3. The van der Waals surface area contributed by atoms with E-state index in [0.717, 1.165) is 87.2 Å². The minimum absolute atomic E-state index is 0.0360. The van der Waals surface area contributed by atoms with Gasteiger partial charge in [-0.1, -0.05) is 112 Å². The topological polar surface area (TPSA) is 112 Å². The van der Waals surface area contributed by atoms with Gasteiger partial charge < -0.3 is 20.8 Å². The highest BCUT2D eigenvalue weighted by molar-refractivity contribution is 5.94. The molecule has 2 amide bonds. The molecule has 0 spiro atoms. The van der Waals surface area contributed by atoms with Crippen molar-refractivity contribution in [1.29, 1.82) is 0 Å². The number of piperazine rings is 2. The van der Waals surface area contributed by atoms with Crippen molar-refractivity contribution in [3.05, 3.63) is 156 Å². The van der Waals surface area contributed by atoms with Gasteiger partial charge in [0, 0.05) is 87.7 Å². The van der Waals surface area contributed by atoms with Gasteiger partial charge in [-0.15, -0.1) is 13.2 Å². The molecule has 2 heterocycles. The zero-order chi connectivity index (χ0) is 48.4. The van der Waals surface area contributed by atoms with Crippen LogP contribution in [0.1, 0.15) is 147 Å². The molecule has 2 fully saturated rings. The summed E-state index contributed by atoms with van der Waals surface area (Å²) in [5.74, 6) is 0.439. The highest BCUT2D eigenvalue weighted by Crippen LogP contribution is 2.36. The largest absolute Gasteiger partial charge is 0.508 e. The van der Waals surface area contributed by atoms with Crippen LogP contribution in [0.2, 0.25) is 0 Å². The van der Waals surface area contributed by atoms with Crippen molar-refractivity contribution >= 4 is 11.8 Å². The number of hydrogen-bond donors (Lipinski definition) is 4. The van der Waals surface area contributed by atoms with Gasteiger partial charge in [0.25, 0.3) is 11.8 Å². The Bertz CT molecular complexity index is 2040. The first kappa shape index (κ1) is 52.1. The minimum atomic E-state index is -0.0378. The standard InChI is InChI=1S/C58H80N6O4/c1-7-35-61-39-45(5)63(41-43(61)3)55(51-21-19-23-53(65)37-51)47-25-29-49(30-26-47)57(67)59-33-17-15-13-11-9-10-12-14-16-18-34-60-58(68)50-31-27-48(28-32-50)56(52-22-20-24-54(66)38-52)64-42-44(4)62(36-8-2)40-46(64)6/h7-8,19-32,37-38,43-46,55-56,65-66H,1-2,9-18,33-36,39-42H2,3-6H3,(H,59,67)(H,60,68)/t43-,44-,45+,46+,55-,56-/m1/s1. The van der Waals surface area contributed by atoms with Gasteiger partial charge in [-0.3, -0.25) is 29.2 Å². The zero-order valence-electron chi connectivity index (χ0n) is 41.5.